The first-order chi connectivity index (χ1) is 14.2. The van der Waals surface area contributed by atoms with Crippen molar-refractivity contribution in [3.63, 3.8) is 0 Å². The third-order valence-electron chi connectivity index (χ3n) is 5.71. The predicted octanol–water partition coefficient (Wildman–Crippen LogP) is 5.27. The van der Waals surface area contributed by atoms with E-state index < -0.39 is 0 Å². The fourth-order valence-corrected chi connectivity index (χ4v) is 4.12. The van der Waals surface area contributed by atoms with Crippen molar-refractivity contribution in [3.05, 3.63) is 65.5 Å². The standard InChI is InChI=1S/C24H21NO4/c26-23-19-11-10-17(28-24(27)15-6-2-1-3-7-15)13-21(19)29-22(23)12-16-14-25-20-9-5-4-8-18(16)20/h4-5,8-15,25H,1-3,6-7H2/b22-12+. The number of ether oxygens (including phenoxy) is 2. The highest BCUT2D eigenvalue weighted by Gasteiger charge is 2.29. The molecule has 5 rings (SSSR count). The lowest BCUT2D eigenvalue weighted by atomic mass is 9.89. The van der Waals surface area contributed by atoms with E-state index in [1.54, 1.807) is 24.3 Å². The highest BCUT2D eigenvalue weighted by atomic mass is 16.5. The summed E-state index contributed by atoms with van der Waals surface area (Å²) < 4.78 is 11.4. The Morgan fingerprint density at radius 1 is 1.10 bits per heavy atom. The minimum Gasteiger partial charge on any atom is -0.452 e. The Balaban J connectivity index is 1.37. The summed E-state index contributed by atoms with van der Waals surface area (Å²) in [4.78, 5) is 28.3. The van der Waals surface area contributed by atoms with Gasteiger partial charge in [0.25, 0.3) is 0 Å². The molecule has 3 aromatic rings. The van der Waals surface area contributed by atoms with Crippen molar-refractivity contribution in [1.82, 2.24) is 4.98 Å². The Kier molecular flexibility index (Phi) is 4.43. The number of nitrogens with one attached hydrogen (secondary N) is 1. The molecule has 0 saturated heterocycles. The summed E-state index contributed by atoms with van der Waals surface area (Å²) in [5.74, 6) is 0.715. The van der Waals surface area contributed by atoms with Crippen LogP contribution in [0.25, 0.3) is 17.0 Å². The highest BCUT2D eigenvalue weighted by molar-refractivity contribution is 6.15. The number of fused-ring (bicyclic) bond motifs is 2. The van der Waals surface area contributed by atoms with Crippen LogP contribution < -0.4 is 9.47 Å². The smallest absolute Gasteiger partial charge is 0.314 e. The fraction of sp³-hybridized carbons (Fsp3) is 0.250. The Hall–Kier alpha value is -3.34. The summed E-state index contributed by atoms with van der Waals surface area (Å²) >= 11 is 0. The first-order valence-electron chi connectivity index (χ1n) is 10.1. The number of hydrogen-bond acceptors (Lipinski definition) is 4. The Labute approximate surface area is 168 Å². The van der Waals surface area contributed by atoms with Gasteiger partial charge < -0.3 is 14.5 Å². The molecule has 1 saturated carbocycles. The maximum Gasteiger partial charge on any atom is 0.314 e. The zero-order chi connectivity index (χ0) is 19.8. The van der Waals surface area contributed by atoms with E-state index in [2.05, 4.69) is 4.98 Å². The van der Waals surface area contributed by atoms with E-state index in [9.17, 15) is 9.59 Å². The number of aromatic amines is 1. The zero-order valence-corrected chi connectivity index (χ0v) is 15.9. The second kappa shape index (κ2) is 7.24. The van der Waals surface area contributed by atoms with Crippen molar-refractivity contribution in [2.45, 2.75) is 32.1 Å². The molecule has 1 fully saturated rings. The van der Waals surface area contributed by atoms with Gasteiger partial charge in [-0.25, -0.2) is 0 Å². The van der Waals surface area contributed by atoms with Crippen molar-refractivity contribution in [2.24, 2.45) is 5.92 Å². The number of esters is 1. The van der Waals surface area contributed by atoms with Crippen LogP contribution in [0.1, 0.15) is 48.0 Å². The number of para-hydroxylation sites is 1. The number of benzene rings is 2. The van der Waals surface area contributed by atoms with E-state index in [0.29, 0.717) is 17.1 Å². The lowest BCUT2D eigenvalue weighted by Gasteiger charge is -2.19. The summed E-state index contributed by atoms with van der Waals surface area (Å²) in [6.45, 7) is 0. The quantitative estimate of drug-likeness (QED) is 0.378. The van der Waals surface area contributed by atoms with E-state index in [-0.39, 0.29) is 23.4 Å². The molecule has 1 N–H and O–H groups in total. The molecule has 1 aromatic heterocycles. The number of allylic oxidation sites excluding steroid dienone is 1. The van der Waals surface area contributed by atoms with Crippen LogP contribution in [0.5, 0.6) is 11.5 Å². The molecular formula is C24H21NO4. The third-order valence-corrected chi connectivity index (χ3v) is 5.71. The number of aromatic nitrogens is 1. The minimum absolute atomic E-state index is 0.0307. The van der Waals surface area contributed by atoms with Crippen LogP contribution in [-0.2, 0) is 4.79 Å². The van der Waals surface area contributed by atoms with Gasteiger partial charge in [-0.05, 0) is 37.1 Å². The van der Waals surface area contributed by atoms with Gasteiger partial charge in [0.1, 0.15) is 11.5 Å². The molecule has 0 spiro atoms. The normalized spacial score (nSPS) is 18.1. The Morgan fingerprint density at radius 2 is 1.93 bits per heavy atom. The number of carbonyl (C=O) groups is 2. The second-order valence-corrected chi connectivity index (χ2v) is 7.64. The van der Waals surface area contributed by atoms with Gasteiger partial charge in [0.05, 0.1) is 11.5 Å². The molecule has 1 aliphatic carbocycles. The molecular weight excluding hydrogens is 366 g/mol. The van der Waals surface area contributed by atoms with Crippen molar-refractivity contribution in [2.75, 3.05) is 0 Å². The molecule has 1 aliphatic heterocycles. The van der Waals surface area contributed by atoms with Crippen LogP contribution in [0.4, 0.5) is 0 Å². The molecule has 5 heteroatoms. The molecule has 2 heterocycles. The SMILES string of the molecule is O=C1/C(=C\c2c[nH]c3ccccc23)Oc2cc(OC(=O)C3CCCCC3)ccc21. The molecule has 29 heavy (non-hydrogen) atoms. The van der Waals surface area contributed by atoms with Crippen molar-refractivity contribution < 1.29 is 19.1 Å². The first kappa shape index (κ1) is 17.7. The van der Waals surface area contributed by atoms with E-state index in [1.165, 1.54) is 6.42 Å². The molecule has 2 aromatic carbocycles. The monoisotopic (exact) mass is 387 g/mol. The molecule has 0 atom stereocenters. The number of hydrogen-bond donors (Lipinski definition) is 1. The maximum atomic E-state index is 12.7. The summed E-state index contributed by atoms with van der Waals surface area (Å²) in [5.41, 5.74) is 2.37. The lowest BCUT2D eigenvalue weighted by Crippen LogP contribution is -2.22. The van der Waals surface area contributed by atoms with Crippen molar-refractivity contribution in [3.8, 4) is 11.5 Å². The number of rotatable bonds is 3. The van der Waals surface area contributed by atoms with E-state index in [4.69, 9.17) is 9.47 Å². The summed E-state index contributed by atoms with van der Waals surface area (Å²) in [5, 5.41) is 1.02. The number of Topliss-reactive ketones (excluding diaryl/α,β-unsaturated/α-hetero) is 1. The van der Waals surface area contributed by atoms with Gasteiger partial charge in [0, 0.05) is 28.7 Å². The minimum atomic E-state index is -0.191. The fourth-order valence-electron chi connectivity index (χ4n) is 4.12. The molecule has 0 radical (unpaired) electrons. The average Bonchev–Trinajstić information content (AvgIpc) is 3.30. The van der Waals surface area contributed by atoms with Crippen molar-refractivity contribution >= 4 is 28.7 Å². The molecule has 0 amide bonds. The number of carbonyl (C=O) groups excluding carboxylic acids is 2. The summed E-state index contributed by atoms with van der Waals surface area (Å²) in [6, 6.07) is 12.8. The summed E-state index contributed by atoms with van der Waals surface area (Å²) in [7, 11) is 0. The van der Waals surface area contributed by atoms with E-state index >= 15 is 0 Å². The maximum absolute atomic E-state index is 12.7. The zero-order valence-electron chi connectivity index (χ0n) is 15.9. The highest BCUT2D eigenvalue weighted by Crippen LogP contribution is 2.36. The van der Waals surface area contributed by atoms with Crippen LogP contribution >= 0.6 is 0 Å². The van der Waals surface area contributed by atoms with Crippen LogP contribution in [0.15, 0.2) is 54.4 Å². The lowest BCUT2D eigenvalue weighted by molar-refractivity contribution is -0.139. The van der Waals surface area contributed by atoms with Gasteiger partial charge in [-0.1, -0.05) is 37.5 Å². The molecule has 0 unspecified atom stereocenters. The first-order valence-corrected chi connectivity index (χ1v) is 10.1. The number of H-pyrrole nitrogens is 1. The molecule has 5 nitrogen and oxygen atoms in total. The van der Waals surface area contributed by atoms with Gasteiger partial charge in [-0.15, -0.1) is 0 Å². The largest absolute Gasteiger partial charge is 0.452 e. The van der Waals surface area contributed by atoms with E-state index in [1.807, 2.05) is 30.5 Å². The third kappa shape index (κ3) is 3.33. The van der Waals surface area contributed by atoms with Gasteiger partial charge in [0.2, 0.25) is 5.78 Å². The Morgan fingerprint density at radius 3 is 2.79 bits per heavy atom. The van der Waals surface area contributed by atoms with Crippen molar-refractivity contribution in [1.29, 1.82) is 0 Å². The predicted molar refractivity (Wildman–Crippen MR) is 110 cm³/mol. The molecule has 0 bridgehead atoms. The summed E-state index contributed by atoms with van der Waals surface area (Å²) in [6.07, 6.45) is 8.70. The Bertz CT molecular complexity index is 1130. The second-order valence-electron chi connectivity index (χ2n) is 7.64. The average molecular weight is 387 g/mol. The van der Waals surface area contributed by atoms with Crippen LogP contribution in [0.3, 0.4) is 0 Å². The molecule has 2 aliphatic rings. The molecule has 146 valence electrons. The van der Waals surface area contributed by atoms with Gasteiger partial charge in [0.15, 0.2) is 5.76 Å². The van der Waals surface area contributed by atoms with E-state index in [0.717, 1.165) is 42.1 Å². The van der Waals surface area contributed by atoms with Crippen LogP contribution in [0, 0.1) is 5.92 Å². The van der Waals surface area contributed by atoms with Gasteiger partial charge in [-0.2, -0.15) is 0 Å². The number of ketones is 1. The van der Waals surface area contributed by atoms with Gasteiger partial charge >= 0.3 is 5.97 Å². The van der Waals surface area contributed by atoms with Crippen LogP contribution in [0.2, 0.25) is 0 Å². The van der Waals surface area contributed by atoms with Gasteiger partial charge in [-0.3, -0.25) is 9.59 Å². The topological polar surface area (TPSA) is 68.4 Å². The van der Waals surface area contributed by atoms with Crippen LogP contribution in [-0.4, -0.2) is 16.7 Å².